The number of fused-ring (bicyclic) bond motifs is 3. The third-order valence-corrected chi connectivity index (χ3v) is 5.56. The van der Waals surface area contributed by atoms with Gasteiger partial charge < -0.3 is 19.6 Å². The lowest BCUT2D eigenvalue weighted by molar-refractivity contribution is -0.130. The van der Waals surface area contributed by atoms with E-state index in [4.69, 9.17) is 17.0 Å². The van der Waals surface area contributed by atoms with Gasteiger partial charge in [-0.2, -0.15) is 0 Å². The highest BCUT2D eigenvalue weighted by Gasteiger charge is 2.13. The molecular weight excluding hydrogens is 388 g/mol. The Kier molecular flexibility index (Phi) is 6.74. The van der Waals surface area contributed by atoms with Crippen molar-refractivity contribution >= 4 is 40.1 Å². The molecule has 1 aromatic carbocycles. The van der Waals surface area contributed by atoms with Crippen LogP contribution in [-0.2, 0) is 11.3 Å². The Morgan fingerprint density at radius 2 is 2.00 bits per heavy atom. The molecule has 2 heterocycles. The maximum Gasteiger partial charge on any atom is 0.278 e. The lowest BCUT2D eigenvalue weighted by Crippen LogP contribution is -2.27. The van der Waals surface area contributed by atoms with Crippen LogP contribution in [-0.4, -0.2) is 46.0 Å². The summed E-state index contributed by atoms with van der Waals surface area (Å²) in [4.78, 5) is 33.2. The predicted molar refractivity (Wildman–Crippen MR) is 118 cm³/mol. The molecule has 8 heteroatoms. The summed E-state index contributed by atoms with van der Waals surface area (Å²) in [6.45, 7) is 3.39. The number of carbonyl (C=O) groups is 1. The average molecular weight is 417 g/mol. The summed E-state index contributed by atoms with van der Waals surface area (Å²) in [6, 6.07) is 5.61. The fourth-order valence-corrected chi connectivity index (χ4v) is 3.73. The molecule has 0 aliphatic heterocycles. The van der Waals surface area contributed by atoms with Crippen LogP contribution in [0.3, 0.4) is 0 Å². The number of hydrogen-bond acceptors (Lipinski definition) is 4. The molecule has 0 saturated carbocycles. The van der Waals surface area contributed by atoms with Crippen molar-refractivity contribution in [2.24, 2.45) is 0 Å². The molecule has 0 saturated heterocycles. The second kappa shape index (κ2) is 9.26. The van der Waals surface area contributed by atoms with Gasteiger partial charge in [0.25, 0.3) is 5.56 Å². The van der Waals surface area contributed by atoms with Gasteiger partial charge in [-0.25, -0.2) is 0 Å². The Balaban J connectivity index is 1.73. The van der Waals surface area contributed by atoms with Crippen LogP contribution in [0.25, 0.3) is 21.9 Å². The lowest BCUT2D eigenvalue weighted by atomic mass is 10.2. The first-order valence-electron chi connectivity index (χ1n) is 10.0. The van der Waals surface area contributed by atoms with Gasteiger partial charge in [-0.15, -0.1) is 0 Å². The van der Waals surface area contributed by atoms with E-state index in [-0.39, 0.29) is 11.5 Å². The second-order valence-corrected chi connectivity index (χ2v) is 7.69. The number of rotatable bonds is 9. The van der Waals surface area contributed by atoms with Gasteiger partial charge in [0.2, 0.25) is 5.91 Å². The van der Waals surface area contributed by atoms with E-state index < -0.39 is 0 Å². The van der Waals surface area contributed by atoms with Crippen LogP contribution in [0.4, 0.5) is 0 Å². The molecule has 7 nitrogen and oxygen atoms in total. The number of amides is 1. The van der Waals surface area contributed by atoms with Crippen LogP contribution in [0.1, 0.15) is 39.0 Å². The molecule has 3 aromatic rings. The van der Waals surface area contributed by atoms with Crippen molar-refractivity contribution in [1.29, 1.82) is 0 Å². The van der Waals surface area contributed by atoms with Crippen LogP contribution < -0.4 is 10.3 Å². The van der Waals surface area contributed by atoms with E-state index in [2.05, 4.69) is 16.9 Å². The first kappa shape index (κ1) is 21.1. The van der Waals surface area contributed by atoms with Crippen LogP contribution in [0.5, 0.6) is 5.75 Å². The zero-order valence-electron chi connectivity index (χ0n) is 17.2. The number of aromatic nitrogens is 3. The molecular formula is C21H28N4O3S. The fraction of sp³-hybridized carbons (Fsp3) is 0.476. The summed E-state index contributed by atoms with van der Waals surface area (Å²) in [5, 5.41) is 0.871. The van der Waals surface area contributed by atoms with E-state index in [9.17, 15) is 9.59 Å². The number of hydrogen-bond donors (Lipinski definition) is 2. The Morgan fingerprint density at radius 3 is 2.72 bits per heavy atom. The SMILES string of the molecule is CCCCN(C)C(=O)CCCCn1c(=S)[nH]c2c([nH]c3ccc(OC)cc32)c1=O. The van der Waals surface area contributed by atoms with Gasteiger partial charge in [-0.05, 0) is 49.7 Å². The minimum Gasteiger partial charge on any atom is -0.497 e. The van der Waals surface area contributed by atoms with Crippen molar-refractivity contribution in [2.75, 3.05) is 20.7 Å². The van der Waals surface area contributed by atoms with Crippen molar-refractivity contribution in [3.8, 4) is 5.75 Å². The maximum absolute atomic E-state index is 13.0. The van der Waals surface area contributed by atoms with Crippen molar-refractivity contribution in [3.05, 3.63) is 33.3 Å². The van der Waals surface area contributed by atoms with Crippen molar-refractivity contribution in [2.45, 2.75) is 45.6 Å². The zero-order chi connectivity index (χ0) is 21.0. The Labute approximate surface area is 174 Å². The summed E-state index contributed by atoms with van der Waals surface area (Å²) >= 11 is 5.43. The zero-order valence-corrected chi connectivity index (χ0v) is 18.0. The monoisotopic (exact) mass is 416 g/mol. The fourth-order valence-electron chi connectivity index (χ4n) is 3.45. The number of benzene rings is 1. The molecule has 0 spiro atoms. The second-order valence-electron chi connectivity index (χ2n) is 7.30. The van der Waals surface area contributed by atoms with Crippen molar-refractivity contribution in [1.82, 2.24) is 19.4 Å². The normalized spacial score (nSPS) is 11.3. The third-order valence-electron chi connectivity index (χ3n) is 5.24. The van der Waals surface area contributed by atoms with Crippen LogP contribution in [0.2, 0.25) is 0 Å². The topological polar surface area (TPSA) is 83.1 Å². The number of aromatic amines is 2. The number of H-pyrrole nitrogens is 2. The van der Waals surface area contributed by atoms with E-state index in [1.165, 1.54) is 0 Å². The van der Waals surface area contributed by atoms with E-state index in [0.29, 0.717) is 35.2 Å². The van der Waals surface area contributed by atoms with Gasteiger partial charge in [0.15, 0.2) is 4.77 Å². The molecule has 1 amide bonds. The smallest absolute Gasteiger partial charge is 0.278 e. The predicted octanol–water partition coefficient (Wildman–Crippen LogP) is 3.98. The molecule has 0 radical (unpaired) electrons. The van der Waals surface area contributed by atoms with E-state index in [1.807, 2.05) is 25.2 Å². The Morgan fingerprint density at radius 1 is 1.21 bits per heavy atom. The Hall–Kier alpha value is -2.61. The molecule has 29 heavy (non-hydrogen) atoms. The molecule has 0 aliphatic rings. The van der Waals surface area contributed by atoms with Crippen LogP contribution >= 0.6 is 12.2 Å². The molecule has 0 aliphatic carbocycles. The maximum atomic E-state index is 13.0. The molecule has 0 bridgehead atoms. The summed E-state index contributed by atoms with van der Waals surface area (Å²) in [5.41, 5.74) is 1.89. The van der Waals surface area contributed by atoms with Crippen LogP contribution in [0.15, 0.2) is 23.0 Å². The average Bonchev–Trinajstić information content (AvgIpc) is 3.08. The van der Waals surface area contributed by atoms with Gasteiger partial charge >= 0.3 is 0 Å². The van der Waals surface area contributed by atoms with E-state index in [1.54, 1.807) is 16.6 Å². The van der Waals surface area contributed by atoms with Gasteiger partial charge in [0.1, 0.15) is 11.3 Å². The van der Waals surface area contributed by atoms with Gasteiger partial charge in [-0.1, -0.05) is 13.3 Å². The standard InChI is InChI=1S/C21H28N4O3S/c1-4-5-11-24(2)17(26)8-6-7-12-25-20(27)19-18(23-21(25)29)15-13-14(28-3)9-10-16(15)22-19/h9-10,13,22H,4-8,11-12H2,1-3H3,(H,23,29). The Bertz CT molecular complexity index is 1130. The summed E-state index contributed by atoms with van der Waals surface area (Å²) < 4.78 is 7.23. The summed E-state index contributed by atoms with van der Waals surface area (Å²) in [7, 11) is 3.45. The number of nitrogens with zero attached hydrogens (tertiary/aromatic N) is 2. The van der Waals surface area contributed by atoms with Gasteiger partial charge in [0.05, 0.1) is 12.6 Å². The first-order valence-corrected chi connectivity index (χ1v) is 10.4. The van der Waals surface area contributed by atoms with Crippen molar-refractivity contribution in [3.63, 3.8) is 0 Å². The van der Waals surface area contributed by atoms with Gasteiger partial charge in [0, 0.05) is 37.5 Å². The minimum atomic E-state index is -0.148. The number of ether oxygens (including phenoxy) is 1. The van der Waals surface area contributed by atoms with Crippen LogP contribution in [0, 0.1) is 4.77 Å². The van der Waals surface area contributed by atoms with Gasteiger partial charge in [-0.3, -0.25) is 14.2 Å². The number of carbonyl (C=O) groups excluding carboxylic acids is 1. The highest BCUT2D eigenvalue weighted by molar-refractivity contribution is 7.71. The highest BCUT2D eigenvalue weighted by Crippen LogP contribution is 2.25. The summed E-state index contributed by atoms with van der Waals surface area (Å²) in [6.07, 6.45) is 4.01. The molecule has 2 aromatic heterocycles. The molecule has 3 rings (SSSR count). The summed E-state index contributed by atoms with van der Waals surface area (Å²) in [5.74, 6) is 0.867. The quantitative estimate of drug-likeness (QED) is 0.408. The third kappa shape index (κ3) is 4.53. The van der Waals surface area contributed by atoms with E-state index >= 15 is 0 Å². The molecule has 0 atom stereocenters. The first-order chi connectivity index (χ1) is 14.0. The highest BCUT2D eigenvalue weighted by atomic mass is 32.1. The number of unbranched alkanes of at least 4 members (excludes halogenated alkanes) is 2. The largest absolute Gasteiger partial charge is 0.497 e. The molecule has 156 valence electrons. The number of methoxy groups -OCH3 is 1. The molecule has 0 fully saturated rings. The number of nitrogens with one attached hydrogen (secondary N) is 2. The molecule has 2 N–H and O–H groups in total. The minimum absolute atomic E-state index is 0.148. The molecule has 0 unspecified atom stereocenters. The lowest BCUT2D eigenvalue weighted by Gasteiger charge is -2.16. The van der Waals surface area contributed by atoms with Crippen molar-refractivity contribution < 1.29 is 9.53 Å². The van der Waals surface area contributed by atoms with E-state index in [0.717, 1.165) is 42.5 Å².